The summed E-state index contributed by atoms with van der Waals surface area (Å²) in [4.78, 5) is 12.9. The van der Waals surface area contributed by atoms with Gasteiger partial charge in [0.15, 0.2) is 5.78 Å². The van der Waals surface area contributed by atoms with E-state index in [2.05, 4.69) is 0 Å². The van der Waals surface area contributed by atoms with Crippen LogP contribution in [-0.2, 0) is 23.0 Å². The van der Waals surface area contributed by atoms with E-state index in [0.717, 1.165) is 10.4 Å². The van der Waals surface area contributed by atoms with Crippen LogP contribution in [0.1, 0.15) is 27.7 Å². The number of Topliss-reactive ketones (excluding diaryl/α,β-unsaturated/α-hetero) is 1. The molecule has 3 aromatic rings. The minimum absolute atomic E-state index is 0.125. The zero-order chi connectivity index (χ0) is 18.6. The number of benzene rings is 1. The Kier molecular flexibility index (Phi) is 5.70. The molecule has 0 bridgehead atoms. The van der Waals surface area contributed by atoms with E-state index in [9.17, 15) is 13.2 Å². The smallest absolute Gasteiger partial charge is 0.243 e. The zero-order valence-corrected chi connectivity index (χ0v) is 15.9. The van der Waals surface area contributed by atoms with E-state index in [4.69, 9.17) is 4.42 Å². The Morgan fingerprint density at radius 1 is 1.19 bits per heavy atom. The van der Waals surface area contributed by atoms with E-state index in [1.807, 2.05) is 17.5 Å². The van der Waals surface area contributed by atoms with Gasteiger partial charge in [-0.2, -0.15) is 4.31 Å². The first-order valence-electron chi connectivity index (χ1n) is 8.11. The molecular formula is C19H19NO4S2. The Bertz CT molecular complexity index is 961. The van der Waals surface area contributed by atoms with Gasteiger partial charge in [0.25, 0.3) is 0 Å². The lowest BCUT2D eigenvalue weighted by atomic mass is 10.2. The van der Waals surface area contributed by atoms with Crippen LogP contribution in [0.15, 0.2) is 69.7 Å². The van der Waals surface area contributed by atoms with Crippen LogP contribution >= 0.6 is 11.3 Å². The van der Waals surface area contributed by atoms with Crippen LogP contribution in [0.4, 0.5) is 0 Å². The maximum Gasteiger partial charge on any atom is 0.243 e. The van der Waals surface area contributed by atoms with Gasteiger partial charge in [0, 0.05) is 29.1 Å². The lowest BCUT2D eigenvalue weighted by molar-refractivity contribution is 0.101. The molecule has 0 saturated carbocycles. The summed E-state index contributed by atoms with van der Waals surface area (Å²) >= 11 is 1.60. The molecular weight excluding hydrogens is 370 g/mol. The van der Waals surface area contributed by atoms with Crippen molar-refractivity contribution in [3.63, 3.8) is 0 Å². The number of rotatable bonds is 8. The summed E-state index contributed by atoms with van der Waals surface area (Å²) in [6.07, 6.45) is 3.69. The molecule has 0 aliphatic carbocycles. The molecule has 136 valence electrons. The topological polar surface area (TPSA) is 67.6 Å². The van der Waals surface area contributed by atoms with Crippen LogP contribution in [0.5, 0.6) is 0 Å². The lowest BCUT2D eigenvalue weighted by Gasteiger charge is -2.21. The molecule has 0 radical (unpaired) electrons. The molecule has 0 aliphatic rings. The Morgan fingerprint density at radius 3 is 2.69 bits per heavy atom. The maximum absolute atomic E-state index is 13.2. The molecule has 3 rings (SSSR count). The number of carbonyl (C=O) groups is 1. The molecule has 0 unspecified atom stereocenters. The standard InChI is InChI=1S/C19H19NO4S2/c1-15(21)17-4-2-6-19(12-17)26(22,23)20(13-16-8-10-24-14-16)9-7-18-5-3-11-25-18/h2-6,8,10-12,14H,7,9,13H2,1H3. The molecule has 0 amide bonds. The highest BCUT2D eigenvalue weighted by molar-refractivity contribution is 7.89. The van der Waals surface area contributed by atoms with Gasteiger partial charge in [-0.05, 0) is 43.0 Å². The maximum atomic E-state index is 13.2. The largest absolute Gasteiger partial charge is 0.472 e. The van der Waals surface area contributed by atoms with E-state index in [0.29, 0.717) is 18.5 Å². The molecule has 0 fully saturated rings. The van der Waals surface area contributed by atoms with Crippen molar-refractivity contribution in [1.82, 2.24) is 4.31 Å². The first-order valence-corrected chi connectivity index (χ1v) is 10.4. The van der Waals surface area contributed by atoms with Crippen molar-refractivity contribution in [2.75, 3.05) is 6.54 Å². The molecule has 2 aromatic heterocycles. The van der Waals surface area contributed by atoms with Crippen molar-refractivity contribution in [2.24, 2.45) is 0 Å². The number of hydrogen-bond acceptors (Lipinski definition) is 5. The summed E-state index contributed by atoms with van der Waals surface area (Å²) in [5.74, 6) is -0.165. The predicted molar refractivity (Wildman–Crippen MR) is 101 cm³/mol. The van der Waals surface area contributed by atoms with E-state index < -0.39 is 10.0 Å². The van der Waals surface area contributed by atoms with Crippen molar-refractivity contribution in [1.29, 1.82) is 0 Å². The highest BCUT2D eigenvalue weighted by Crippen LogP contribution is 2.21. The molecule has 0 saturated heterocycles. The third kappa shape index (κ3) is 4.30. The fourth-order valence-corrected chi connectivity index (χ4v) is 4.76. The average Bonchev–Trinajstić information content (AvgIpc) is 3.32. The van der Waals surface area contributed by atoms with Crippen LogP contribution in [0, 0.1) is 0 Å². The molecule has 7 heteroatoms. The Morgan fingerprint density at radius 2 is 2.04 bits per heavy atom. The molecule has 0 spiro atoms. The average molecular weight is 389 g/mol. The third-order valence-electron chi connectivity index (χ3n) is 4.01. The van der Waals surface area contributed by atoms with E-state index >= 15 is 0 Å². The number of nitrogens with zero attached hydrogens (tertiary/aromatic N) is 1. The zero-order valence-electron chi connectivity index (χ0n) is 14.3. The van der Waals surface area contributed by atoms with Crippen molar-refractivity contribution in [2.45, 2.75) is 24.8 Å². The Labute approximate surface area is 156 Å². The van der Waals surface area contributed by atoms with E-state index in [-0.39, 0.29) is 17.2 Å². The van der Waals surface area contributed by atoms with Gasteiger partial charge in [-0.25, -0.2) is 8.42 Å². The van der Waals surface area contributed by atoms with Gasteiger partial charge < -0.3 is 4.42 Å². The third-order valence-corrected chi connectivity index (χ3v) is 6.78. The first kappa shape index (κ1) is 18.6. The van der Waals surface area contributed by atoms with Crippen molar-refractivity contribution < 1.29 is 17.6 Å². The second-order valence-corrected chi connectivity index (χ2v) is 8.85. The molecule has 0 atom stereocenters. The van der Waals surface area contributed by atoms with Gasteiger partial charge in [0.05, 0.1) is 17.4 Å². The fourth-order valence-electron chi connectivity index (χ4n) is 2.58. The van der Waals surface area contributed by atoms with Crippen LogP contribution in [-0.4, -0.2) is 25.1 Å². The number of furan rings is 1. The number of thiophene rings is 1. The molecule has 5 nitrogen and oxygen atoms in total. The molecule has 2 heterocycles. The summed E-state index contributed by atoms with van der Waals surface area (Å²) in [5.41, 5.74) is 1.16. The number of carbonyl (C=O) groups excluding carboxylic acids is 1. The summed E-state index contributed by atoms with van der Waals surface area (Å²) < 4.78 is 32.9. The fraction of sp³-hybridized carbons (Fsp3) is 0.211. The number of ketones is 1. The second-order valence-electron chi connectivity index (χ2n) is 5.88. The Hall–Kier alpha value is -2.22. The van der Waals surface area contributed by atoms with Gasteiger partial charge in [-0.3, -0.25) is 4.79 Å². The highest BCUT2D eigenvalue weighted by Gasteiger charge is 2.25. The van der Waals surface area contributed by atoms with Crippen LogP contribution in [0.25, 0.3) is 0 Å². The lowest BCUT2D eigenvalue weighted by Crippen LogP contribution is -2.32. The van der Waals surface area contributed by atoms with Gasteiger partial charge in [0.2, 0.25) is 10.0 Å². The summed E-state index contributed by atoms with van der Waals surface area (Å²) in [6.45, 7) is 1.98. The van der Waals surface area contributed by atoms with E-state index in [1.165, 1.54) is 29.6 Å². The molecule has 1 aromatic carbocycles. The highest BCUT2D eigenvalue weighted by atomic mass is 32.2. The molecule has 0 aliphatic heterocycles. The summed E-state index contributed by atoms with van der Waals surface area (Å²) in [7, 11) is -3.74. The number of hydrogen-bond donors (Lipinski definition) is 0. The van der Waals surface area contributed by atoms with Crippen LogP contribution in [0.3, 0.4) is 0 Å². The van der Waals surface area contributed by atoms with Gasteiger partial charge >= 0.3 is 0 Å². The monoisotopic (exact) mass is 389 g/mol. The van der Waals surface area contributed by atoms with Crippen LogP contribution < -0.4 is 0 Å². The quantitative estimate of drug-likeness (QED) is 0.547. The minimum atomic E-state index is -3.74. The SMILES string of the molecule is CC(=O)c1cccc(S(=O)(=O)N(CCc2cccs2)Cc2ccoc2)c1. The predicted octanol–water partition coefficient (Wildman–Crippen LogP) is 3.98. The summed E-state index contributed by atoms with van der Waals surface area (Å²) in [6, 6.07) is 11.9. The van der Waals surface area contributed by atoms with E-state index in [1.54, 1.807) is 35.8 Å². The van der Waals surface area contributed by atoms with Crippen molar-refractivity contribution in [3.05, 3.63) is 76.4 Å². The minimum Gasteiger partial charge on any atom is -0.472 e. The van der Waals surface area contributed by atoms with Crippen molar-refractivity contribution >= 4 is 27.1 Å². The van der Waals surface area contributed by atoms with Crippen LogP contribution in [0.2, 0.25) is 0 Å². The number of sulfonamides is 1. The Balaban J connectivity index is 1.90. The summed E-state index contributed by atoms with van der Waals surface area (Å²) in [5, 5.41) is 1.97. The normalized spacial score (nSPS) is 11.8. The van der Waals surface area contributed by atoms with Gasteiger partial charge in [-0.1, -0.05) is 18.2 Å². The molecule has 0 N–H and O–H groups in total. The molecule has 26 heavy (non-hydrogen) atoms. The second kappa shape index (κ2) is 7.99. The van der Waals surface area contributed by atoms with Crippen molar-refractivity contribution in [3.8, 4) is 0 Å². The van der Waals surface area contributed by atoms with Gasteiger partial charge in [-0.15, -0.1) is 11.3 Å². The van der Waals surface area contributed by atoms with Gasteiger partial charge in [0.1, 0.15) is 0 Å². The first-order chi connectivity index (χ1) is 12.5.